The first-order chi connectivity index (χ1) is 7.56. The van der Waals surface area contributed by atoms with E-state index in [0.717, 1.165) is 17.7 Å². The molecule has 0 amide bonds. The van der Waals surface area contributed by atoms with Gasteiger partial charge in [0, 0.05) is 17.5 Å². The van der Waals surface area contributed by atoms with E-state index >= 15 is 0 Å². The highest BCUT2D eigenvalue weighted by Gasteiger charge is 2.28. The van der Waals surface area contributed by atoms with Gasteiger partial charge in [-0.3, -0.25) is 0 Å². The van der Waals surface area contributed by atoms with Gasteiger partial charge in [-0.2, -0.15) is 0 Å². The van der Waals surface area contributed by atoms with Crippen molar-refractivity contribution in [3.63, 3.8) is 0 Å². The minimum atomic E-state index is -3.34. The van der Waals surface area contributed by atoms with Crippen LogP contribution in [0.4, 0.5) is 5.69 Å². The summed E-state index contributed by atoms with van der Waals surface area (Å²) in [5, 5.41) is 4.42. The molecule has 1 heterocycles. The number of sulfone groups is 1. The third kappa shape index (κ3) is 1.72. The summed E-state index contributed by atoms with van der Waals surface area (Å²) in [5.41, 5.74) is 7.53. The maximum Gasteiger partial charge on any atom is 0.202 e. The first-order valence-corrected chi connectivity index (χ1v) is 6.66. The SMILES string of the molecule is CCNCC1=CS(=O)(=O)c2c(N)cccc21. The zero-order valence-corrected chi connectivity index (χ0v) is 9.84. The van der Waals surface area contributed by atoms with E-state index in [2.05, 4.69) is 5.32 Å². The van der Waals surface area contributed by atoms with Crippen LogP contribution in [-0.2, 0) is 9.84 Å². The molecule has 0 spiro atoms. The van der Waals surface area contributed by atoms with Crippen LogP contribution in [0.1, 0.15) is 12.5 Å². The Balaban J connectivity index is 2.52. The minimum Gasteiger partial charge on any atom is -0.398 e. The lowest BCUT2D eigenvalue weighted by Gasteiger charge is -2.06. The zero-order chi connectivity index (χ0) is 11.8. The van der Waals surface area contributed by atoms with E-state index in [9.17, 15) is 8.42 Å². The summed E-state index contributed by atoms with van der Waals surface area (Å²) in [6, 6.07) is 5.18. The van der Waals surface area contributed by atoms with Crippen molar-refractivity contribution < 1.29 is 8.42 Å². The second kappa shape index (κ2) is 3.92. The Kier molecular flexibility index (Phi) is 2.73. The molecule has 0 fully saturated rings. The monoisotopic (exact) mass is 238 g/mol. The summed E-state index contributed by atoms with van der Waals surface area (Å²) in [4.78, 5) is 0.253. The molecule has 86 valence electrons. The molecule has 0 aliphatic carbocycles. The molecule has 1 aliphatic rings. The predicted molar refractivity (Wildman–Crippen MR) is 64.6 cm³/mol. The Morgan fingerprint density at radius 3 is 2.81 bits per heavy atom. The highest BCUT2D eigenvalue weighted by molar-refractivity contribution is 7.95. The average molecular weight is 238 g/mol. The Morgan fingerprint density at radius 1 is 1.38 bits per heavy atom. The van der Waals surface area contributed by atoms with Gasteiger partial charge >= 0.3 is 0 Å². The number of rotatable bonds is 3. The summed E-state index contributed by atoms with van der Waals surface area (Å²) in [6.45, 7) is 3.32. The molecule has 3 N–H and O–H groups in total. The Labute approximate surface area is 95.1 Å². The lowest BCUT2D eigenvalue weighted by Crippen LogP contribution is -2.14. The van der Waals surface area contributed by atoms with Gasteiger partial charge in [-0.1, -0.05) is 19.1 Å². The van der Waals surface area contributed by atoms with Crippen LogP contribution in [0.5, 0.6) is 0 Å². The summed E-state index contributed by atoms with van der Waals surface area (Å²) < 4.78 is 23.7. The number of nitrogen functional groups attached to an aromatic ring is 1. The normalized spacial score (nSPS) is 16.9. The van der Waals surface area contributed by atoms with Crippen LogP contribution in [0.3, 0.4) is 0 Å². The van der Waals surface area contributed by atoms with Gasteiger partial charge in [-0.05, 0) is 18.2 Å². The van der Waals surface area contributed by atoms with E-state index < -0.39 is 9.84 Å². The van der Waals surface area contributed by atoms with Crippen LogP contribution in [-0.4, -0.2) is 21.5 Å². The predicted octanol–water partition coefficient (Wildman–Crippen LogP) is 1.01. The number of hydrogen-bond donors (Lipinski definition) is 2. The van der Waals surface area contributed by atoms with Crippen molar-refractivity contribution >= 4 is 21.1 Å². The number of nitrogens with one attached hydrogen (secondary N) is 1. The second-order valence-corrected chi connectivity index (χ2v) is 5.43. The van der Waals surface area contributed by atoms with Gasteiger partial charge in [0.15, 0.2) is 0 Å². The van der Waals surface area contributed by atoms with Crippen molar-refractivity contribution in [2.45, 2.75) is 11.8 Å². The molecule has 0 atom stereocenters. The molecule has 0 saturated heterocycles. The molecular weight excluding hydrogens is 224 g/mol. The number of benzene rings is 1. The maximum atomic E-state index is 11.9. The molecule has 1 aliphatic heterocycles. The quantitative estimate of drug-likeness (QED) is 0.771. The lowest BCUT2D eigenvalue weighted by atomic mass is 10.1. The summed E-state index contributed by atoms with van der Waals surface area (Å²) in [6.07, 6.45) is 0. The molecule has 0 unspecified atom stereocenters. The highest BCUT2D eigenvalue weighted by Crippen LogP contribution is 2.36. The van der Waals surface area contributed by atoms with E-state index in [1.165, 1.54) is 5.41 Å². The molecule has 0 aromatic heterocycles. The first-order valence-electron chi connectivity index (χ1n) is 5.11. The van der Waals surface area contributed by atoms with Crippen molar-refractivity contribution in [1.29, 1.82) is 0 Å². The molecule has 5 heteroatoms. The van der Waals surface area contributed by atoms with E-state index in [0.29, 0.717) is 12.2 Å². The van der Waals surface area contributed by atoms with Crippen LogP contribution in [0, 0.1) is 0 Å². The number of nitrogens with two attached hydrogens (primary N) is 1. The largest absolute Gasteiger partial charge is 0.398 e. The second-order valence-electron chi connectivity index (χ2n) is 3.69. The number of likely N-dealkylation sites (N-methyl/N-ethyl adjacent to an activating group) is 1. The molecule has 1 aromatic rings. The fourth-order valence-corrected chi connectivity index (χ4v) is 3.44. The fraction of sp³-hybridized carbons (Fsp3) is 0.273. The standard InChI is InChI=1S/C11H14N2O2S/c1-2-13-6-8-7-16(14,15)11-9(8)4-3-5-10(11)12/h3-5,7,13H,2,6,12H2,1H3. The first kappa shape index (κ1) is 11.2. The number of anilines is 1. The Morgan fingerprint density at radius 2 is 2.12 bits per heavy atom. The average Bonchev–Trinajstić information content (AvgIpc) is 2.49. The van der Waals surface area contributed by atoms with Crippen molar-refractivity contribution in [2.75, 3.05) is 18.8 Å². The third-order valence-electron chi connectivity index (χ3n) is 2.54. The van der Waals surface area contributed by atoms with Gasteiger partial charge < -0.3 is 11.1 Å². The van der Waals surface area contributed by atoms with Crippen LogP contribution >= 0.6 is 0 Å². The molecule has 0 bridgehead atoms. The van der Waals surface area contributed by atoms with Crippen LogP contribution in [0.15, 0.2) is 28.5 Å². The molecule has 16 heavy (non-hydrogen) atoms. The smallest absolute Gasteiger partial charge is 0.202 e. The topological polar surface area (TPSA) is 72.2 Å². The highest BCUT2D eigenvalue weighted by atomic mass is 32.2. The Bertz CT molecular complexity index is 547. The van der Waals surface area contributed by atoms with Crippen molar-refractivity contribution in [3.8, 4) is 0 Å². The summed E-state index contributed by atoms with van der Waals surface area (Å²) >= 11 is 0. The molecule has 1 aromatic carbocycles. The summed E-state index contributed by atoms with van der Waals surface area (Å²) in [7, 11) is -3.34. The van der Waals surface area contributed by atoms with Gasteiger partial charge in [0.2, 0.25) is 9.84 Å². The lowest BCUT2D eigenvalue weighted by molar-refractivity contribution is 0.606. The van der Waals surface area contributed by atoms with Crippen LogP contribution in [0.25, 0.3) is 5.57 Å². The van der Waals surface area contributed by atoms with E-state index in [4.69, 9.17) is 5.73 Å². The van der Waals surface area contributed by atoms with Gasteiger partial charge in [0.25, 0.3) is 0 Å². The number of hydrogen-bond acceptors (Lipinski definition) is 4. The van der Waals surface area contributed by atoms with E-state index in [1.54, 1.807) is 18.2 Å². The van der Waals surface area contributed by atoms with Crippen molar-refractivity contribution in [2.24, 2.45) is 0 Å². The minimum absolute atomic E-state index is 0.253. The van der Waals surface area contributed by atoms with Crippen molar-refractivity contribution in [3.05, 3.63) is 29.2 Å². The van der Waals surface area contributed by atoms with Gasteiger partial charge in [0.05, 0.1) is 5.69 Å². The summed E-state index contributed by atoms with van der Waals surface area (Å²) in [5.74, 6) is 0. The Hall–Kier alpha value is -1.33. The third-order valence-corrected chi connectivity index (χ3v) is 4.16. The molecule has 2 rings (SSSR count). The molecular formula is C11H14N2O2S. The van der Waals surface area contributed by atoms with Crippen LogP contribution < -0.4 is 11.1 Å². The fourth-order valence-electron chi connectivity index (χ4n) is 1.83. The zero-order valence-electron chi connectivity index (χ0n) is 9.03. The van der Waals surface area contributed by atoms with Crippen LogP contribution in [0.2, 0.25) is 0 Å². The molecule has 4 nitrogen and oxygen atoms in total. The van der Waals surface area contributed by atoms with Gasteiger partial charge in [-0.15, -0.1) is 0 Å². The maximum absolute atomic E-state index is 11.9. The number of fused-ring (bicyclic) bond motifs is 1. The van der Waals surface area contributed by atoms with E-state index in [-0.39, 0.29) is 4.90 Å². The van der Waals surface area contributed by atoms with Gasteiger partial charge in [0.1, 0.15) is 4.90 Å². The molecule has 0 radical (unpaired) electrons. The van der Waals surface area contributed by atoms with E-state index in [1.807, 2.05) is 6.92 Å². The molecule has 0 saturated carbocycles. The van der Waals surface area contributed by atoms with Crippen molar-refractivity contribution in [1.82, 2.24) is 5.32 Å². The van der Waals surface area contributed by atoms with Gasteiger partial charge in [-0.25, -0.2) is 8.42 Å².